The van der Waals surface area contributed by atoms with Crippen LogP contribution in [0.5, 0.6) is 11.5 Å². The molecule has 2 aromatic carbocycles. The molecule has 1 heterocycles. The molecule has 1 N–H and O–H groups in total. The third kappa shape index (κ3) is 5.04. The van der Waals surface area contributed by atoms with E-state index in [1.54, 1.807) is 31.2 Å². The third-order valence-corrected chi connectivity index (χ3v) is 4.33. The van der Waals surface area contributed by atoms with Crippen LogP contribution in [0.25, 0.3) is 5.69 Å². The fourth-order valence-electron chi connectivity index (χ4n) is 2.83. The number of nitro groups is 1. The number of hydrogen-bond donors (Lipinski definition) is 1. The number of aryl methyl sites for hydroxylation is 1. The summed E-state index contributed by atoms with van der Waals surface area (Å²) in [5, 5.41) is 17.9. The lowest BCUT2D eigenvalue weighted by atomic mass is 10.1. The minimum atomic E-state index is -0.491. The Hall–Kier alpha value is -4.21. The number of amides is 1. The Labute approximate surface area is 177 Å². The maximum atomic E-state index is 12.4. The van der Waals surface area contributed by atoms with Crippen molar-refractivity contribution in [2.24, 2.45) is 0 Å². The second-order valence-corrected chi connectivity index (χ2v) is 6.61. The highest BCUT2D eigenvalue weighted by Gasteiger charge is 2.14. The SMILES string of the molecule is COc1cc(C(C)=O)ccc1OCC(=O)Nc1cc(C)nn1-c1ccc([N+](=O)[O-])cc1. The molecule has 0 aliphatic heterocycles. The van der Waals surface area contributed by atoms with Crippen LogP contribution < -0.4 is 14.8 Å². The van der Waals surface area contributed by atoms with Crippen LogP contribution >= 0.6 is 0 Å². The van der Waals surface area contributed by atoms with E-state index in [1.165, 1.54) is 43.0 Å². The molecule has 160 valence electrons. The predicted molar refractivity (Wildman–Crippen MR) is 112 cm³/mol. The molecule has 0 saturated heterocycles. The van der Waals surface area contributed by atoms with Gasteiger partial charge < -0.3 is 14.8 Å². The number of ketones is 1. The zero-order valence-electron chi connectivity index (χ0n) is 17.1. The molecule has 0 unspecified atom stereocenters. The van der Waals surface area contributed by atoms with Gasteiger partial charge in [-0.05, 0) is 44.2 Å². The van der Waals surface area contributed by atoms with Crippen molar-refractivity contribution in [1.82, 2.24) is 9.78 Å². The number of ether oxygens (including phenoxy) is 2. The summed E-state index contributed by atoms with van der Waals surface area (Å²) in [5.41, 5.74) is 1.62. The highest BCUT2D eigenvalue weighted by molar-refractivity contribution is 5.95. The van der Waals surface area contributed by atoms with Gasteiger partial charge in [-0.15, -0.1) is 0 Å². The van der Waals surface area contributed by atoms with Gasteiger partial charge >= 0.3 is 0 Å². The Bertz CT molecular complexity index is 1140. The van der Waals surface area contributed by atoms with Crippen LogP contribution in [-0.4, -0.2) is 40.1 Å². The molecule has 3 rings (SSSR count). The number of carbonyl (C=O) groups excluding carboxylic acids is 2. The molecule has 1 amide bonds. The van der Waals surface area contributed by atoms with Crippen LogP contribution in [0.3, 0.4) is 0 Å². The number of carbonyl (C=O) groups is 2. The summed E-state index contributed by atoms with van der Waals surface area (Å²) in [6.07, 6.45) is 0. The number of nitro benzene ring substituents is 1. The molecule has 0 bridgehead atoms. The van der Waals surface area contributed by atoms with Crippen molar-refractivity contribution >= 4 is 23.2 Å². The smallest absolute Gasteiger partial charge is 0.269 e. The first-order chi connectivity index (χ1) is 14.8. The molecule has 0 aliphatic carbocycles. The molecule has 0 radical (unpaired) electrons. The Morgan fingerprint density at radius 2 is 1.84 bits per heavy atom. The highest BCUT2D eigenvalue weighted by Crippen LogP contribution is 2.28. The summed E-state index contributed by atoms with van der Waals surface area (Å²) < 4.78 is 12.2. The number of nitrogens with one attached hydrogen (secondary N) is 1. The summed E-state index contributed by atoms with van der Waals surface area (Å²) in [6, 6.07) is 12.2. The monoisotopic (exact) mass is 424 g/mol. The summed E-state index contributed by atoms with van der Waals surface area (Å²) in [7, 11) is 1.44. The molecule has 0 spiro atoms. The van der Waals surface area contributed by atoms with Gasteiger partial charge in [0.05, 0.1) is 23.4 Å². The van der Waals surface area contributed by atoms with Crippen LogP contribution in [0, 0.1) is 17.0 Å². The average molecular weight is 424 g/mol. The molecular formula is C21H20N4O6. The van der Waals surface area contributed by atoms with E-state index in [2.05, 4.69) is 10.4 Å². The van der Waals surface area contributed by atoms with Gasteiger partial charge in [-0.1, -0.05) is 0 Å². The number of anilines is 1. The van der Waals surface area contributed by atoms with Crippen molar-refractivity contribution in [1.29, 1.82) is 0 Å². The zero-order chi connectivity index (χ0) is 22.5. The van der Waals surface area contributed by atoms with Crippen LogP contribution in [0.1, 0.15) is 23.0 Å². The number of methoxy groups -OCH3 is 1. The fourth-order valence-corrected chi connectivity index (χ4v) is 2.83. The molecule has 0 saturated carbocycles. The second-order valence-electron chi connectivity index (χ2n) is 6.61. The maximum Gasteiger partial charge on any atom is 0.269 e. The zero-order valence-corrected chi connectivity index (χ0v) is 17.1. The van der Waals surface area contributed by atoms with Crippen LogP contribution in [0.2, 0.25) is 0 Å². The largest absolute Gasteiger partial charge is 0.493 e. The van der Waals surface area contributed by atoms with Crippen LogP contribution in [0.15, 0.2) is 48.5 Å². The average Bonchev–Trinajstić information content (AvgIpc) is 3.11. The van der Waals surface area contributed by atoms with E-state index in [-0.39, 0.29) is 18.1 Å². The molecule has 10 nitrogen and oxygen atoms in total. The number of Topliss-reactive ketones (excluding diaryl/α,β-unsaturated/α-hetero) is 1. The highest BCUT2D eigenvalue weighted by atomic mass is 16.6. The van der Waals surface area contributed by atoms with E-state index in [0.29, 0.717) is 34.3 Å². The van der Waals surface area contributed by atoms with E-state index < -0.39 is 10.8 Å². The minimum Gasteiger partial charge on any atom is -0.493 e. The Balaban J connectivity index is 1.72. The van der Waals surface area contributed by atoms with Gasteiger partial charge in [0.25, 0.3) is 11.6 Å². The van der Waals surface area contributed by atoms with Crippen molar-refractivity contribution in [3.05, 3.63) is 69.9 Å². The molecule has 0 fully saturated rings. The number of hydrogen-bond acceptors (Lipinski definition) is 7. The number of rotatable bonds is 8. The van der Waals surface area contributed by atoms with Crippen molar-refractivity contribution < 1.29 is 24.0 Å². The van der Waals surface area contributed by atoms with Gasteiger partial charge in [-0.3, -0.25) is 19.7 Å². The lowest BCUT2D eigenvalue weighted by molar-refractivity contribution is -0.384. The standard InChI is InChI=1S/C21H20N4O6/c1-13-10-20(24(23-13)16-5-7-17(8-6-16)25(28)29)22-21(27)12-31-18-9-4-15(14(2)26)11-19(18)30-3/h4-11H,12H2,1-3H3,(H,22,27). The molecule has 1 aromatic heterocycles. The minimum absolute atomic E-state index is 0.0450. The first kappa shape index (κ1) is 21.5. The molecule has 31 heavy (non-hydrogen) atoms. The van der Waals surface area contributed by atoms with Gasteiger partial charge in [0, 0.05) is 23.8 Å². The van der Waals surface area contributed by atoms with Crippen molar-refractivity contribution in [2.45, 2.75) is 13.8 Å². The lowest BCUT2D eigenvalue weighted by Crippen LogP contribution is -2.22. The maximum absolute atomic E-state index is 12.4. The van der Waals surface area contributed by atoms with Crippen molar-refractivity contribution in [2.75, 3.05) is 19.0 Å². The Kier molecular flexibility index (Phi) is 6.29. The second kappa shape index (κ2) is 9.08. The summed E-state index contributed by atoms with van der Waals surface area (Å²) in [5.74, 6) is 0.493. The van der Waals surface area contributed by atoms with Crippen LogP contribution in [0.4, 0.5) is 11.5 Å². The van der Waals surface area contributed by atoms with E-state index in [4.69, 9.17) is 9.47 Å². The normalized spacial score (nSPS) is 10.4. The van der Waals surface area contributed by atoms with Crippen molar-refractivity contribution in [3.63, 3.8) is 0 Å². The Morgan fingerprint density at radius 3 is 2.45 bits per heavy atom. The fraction of sp³-hybridized carbons (Fsp3) is 0.190. The third-order valence-electron chi connectivity index (χ3n) is 4.33. The first-order valence-electron chi connectivity index (χ1n) is 9.21. The number of benzene rings is 2. The predicted octanol–water partition coefficient (Wildman–Crippen LogP) is 3.32. The Morgan fingerprint density at radius 1 is 1.13 bits per heavy atom. The number of nitrogens with zero attached hydrogens (tertiary/aromatic N) is 3. The first-order valence-corrected chi connectivity index (χ1v) is 9.21. The van der Waals surface area contributed by atoms with Gasteiger partial charge in [-0.2, -0.15) is 5.10 Å². The van der Waals surface area contributed by atoms with Gasteiger partial charge in [0.15, 0.2) is 23.9 Å². The van der Waals surface area contributed by atoms with Crippen LogP contribution in [-0.2, 0) is 4.79 Å². The van der Waals surface area contributed by atoms with Gasteiger partial charge in [-0.25, -0.2) is 4.68 Å². The molecule has 10 heteroatoms. The molecule has 0 atom stereocenters. The topological polar surface area (TPSA) is 126 Å². The molecule has 0 aliphatic rings. The quantitative estimate of drug-likeness (QED) is 0.334. The molecular weight excluding hydrogens is 404 g/mol. The summed E-state index contributed by atoms with van der Waals surface area (Å²) >= 11 is 0. The van der Waals surface area contributed by atoms with E-state index in [9.17, 15) is 19.7 Å². The number of aromatic nitrogens is 2. The summed E-state index contributed by atoms with van der Waals surface area (Å²) in [6.45, 7) is 2.90. The van der Waals surface area contributed by atoms with E-state index in [1.807, 2.05) is 0 Å². The van der Waals surface area contributed by atoms with Crippen molar-refractivity contribution in [3.8, 4) is 17.2 Å². The summed E-state index contributed by atoms with van der Waals surface area (Å²) in [4.78, 5) is 34.3. The van der Waals surface area contributed by atoms with Gasteiger partial charge in [0.1, 0.15) is 5.82 Å². The van der Waals surface area contributed by atoms with E-state index >= 15 is 0 Å². The lowest BCUT2D eigenvalue weighted by Gasteiger charge is -2.12. The number of non-ortho nitro benzene ring substituents is 1. The molecule has 3 aromatic rings. The van der Waals surface area contributed by atoms with Gasteiger partial charge in [0.2, 0.25) is 0 Å². The van der Waals surface area contributed by atoms with E-state index in [0.717, 1.165) is 0 Å².